The van der Waals surface area contributed by atoms with Crippen molar-refractivity contribution >= 4 is 23.5 Å². The number of hydrogen-bond donors (Lipinski definition) is 1. The summed E-state index contributed by atoms with van der Waals surface area (Å²) in [6.07, 6.45) is 1.37. The molecule has 154 valence electrons. The van der Waals surface area contributed by atoms with Crippen LogP contribution in [-0.2, 0) is 14.4 Å². The van der Waals surface area contributed by atoms with Crippen molar-refractivity contribution in [3.8, 4) is 5.75 Å². The zero-order valence-corrected chi connectivity index (χ0v) is 16.5. The summed E-state index contributed by atoms with van der Waals surface area (Å²) in [6.45, 7) is 2.91. The predicted molar refractivity (Wildman–Crippen MR) is 103 cm³/mol. The predicted octanol–water partition coefficient (Wildman–Crippen LogP) is 0.750. The number of amides is 3. The van der Waals surface area contributed by atoms with Crippen LogP contribution in [0.1, 0.15) is 43.0 Å². The summed E-state index contributed by atoms with van der Waals surface area (Å²) < 4.78 is 6.23. The van der Waals surface area contributed by atoms with Crippen molar-refractivity contribution in [1.29, 1.82) is 0 Å². The fourth-order valence-corrected chi connectivity index (χ4v) is 4.41. The Labute approximate surface area is 169 Å². The zero-order chi connectivity index (χ0) is 20.6. The topological polar surface area (TPSA) is 96.0 Å². The quantitative estimate of drug-likeness (QED) is 0.792. The molecule has 8 nitrogen and oxygen atoms in total. The van der Waals surface area contributed by atoms with Crippen molar-refractivity contribution in [3.05, 3.63) is 29.8 Å². The van der Waals surface area contributed by atoms with Crippen LogP contribution in [0, 0.1) is 0 Å². The van der Waals surface area contributed by atoms with Crippen LogP contribution in [0.25, 0.3) is 0 Å². The minimum absolute atomic E-state index is 0.0174. The third-order valence-electron chi connectivity index (χ3n) is 6.09. The third kappa shape index (κ3) is 3.71. The maximum absolute atomic E-state index is 12.9. The summed E-state index contributed by atoms with van der Waals surface area (Å²) in [4.78, 5) is 52.9. The molecule has 2 fully saturated rings. The first-order valence-electron chi connectivity index (χ1n) is 10.0. The Hall–Kier alpha value is -2.90. The van der Waals surface area contributed by atoms with Crippen LogP contribution in [0.15, 0.2) is 24.3 Å². The number of ether oxygens (including phenoxy) is 1. The van der Waals surface area contributed by atoms with Crippen LogP contribution >= 0.6 is 0 Å². The van der Waals surface area contributed by atoms with Crippen molar-refractivity contribution in [3.63, 3.8) is 0 Å². The van der Waals surface area contributed by atoms with Crippen LogP contribution in [0.4, 0.5) is 0 Å². The first-order chi connectivity index (χ1) is 13.9. The first-order valence-corrected chi connectivity index (χ1v) is 10.0. The molecule has 2 saturated heterocycles. The van der Waals surface area contributed by atoms with Gasteiger partial charge in [0.15, 0.2) is 5.78 Å². The summed E-state index contributed by atoms with van der Waals surface area (Å²) >= 11 is 0. The number of carbonyl (C=O) groups is 4. The molecule has 0 unspecified atom stereocenters. The molecular weight excluding hydrogens is 374 g/mol. The monoisotopic (exact) mass is 399 g/mol. The highest BCUT2D eigenvalue weighted by Crippen LogP contribution is 2.39. The number of Topliss-reactive ketones (excluding diaryl/α,β-unsaturated/α-hetero) is 1. The van der Waals surface area contributed by atoms with Crippen molar-refractivity contribution in [2.45, 2.75) is 44.2 Å². The number of nitrogens with zero attached hydrogens (tertiary/aromatic N) is 2. The number of para-hydroxylation sites is 1. The number of carbonyl (C=O) groups excluding carboxylic acids is 4. The molecule has 29 heavy (non-hydrogen) atoms. The minimum Gasteiger partial charge on any atom is -0.486 e. The van der Waals surface area contributed by atoms with Gasteiger partial charge in [-0.15, -0.1) is 0 Å². The van der Waals surface area contributed by atoms with E-state index in [2.05, 4.69) is 5.32 Å². The second kappa shape index (κ2) is 7.50. The van der Waals surface area contributed by atoms with E-state index in [0.717, 1.165) is 0 Å². The molecular formula is C21H25N3O5. The van der Waals surface area contributed by atoms with Crippen LogP contribution in [-0.4, -0.2) is 71.1 Å². The molecule has 0 bridgehead atoms. The fraction of sp³-hybridized carbons (Fsp3) is 0.524. The van der Waals surface area contributed by atoms with E-state index in [0.29, 0.717) is 43.8 Å². The number of ketones is 1. The second-order valence-electron chi connectivity index (χ2n) is 8.00. The van der Waals surface area contributed by atoms with Crippen LogP contribution in [0.2, 0.25) is 0 Å². The summed E-state index contributed by atoms with van der Waals surface area (Å²) in [5.74, 6) is 0.0456. The average molecular weight is 399 g/mol. The zero-order valence-electron chi connectivity index (χ0n) is 16.5. The van der Waals surface area contributed by atoms with E-state index < -0.39 is 11.6 Å². The molecule has 3 heterocycles. The van der Waals surface area contributed by atoms with Gasteiger partial charge in [-0.05, 0) is 25.5 Å². The highest BCUT2D eigenvalue weighted by molar-refractivity contribution is 6.00. The summed E-state index contributed by atoms with van der Waals surface area (Å²) in [5.41, 5.74) is -0.138. The number of fused-ring (bicyclic) bond motifs is 1. The van der Waals surface area contributed by atoms with Crippen LogP contribution in [0.5, 0.6) is 5.75 Å². The molecule has 1 spiro atoms. The standard InChI is InChI=1S/C21H25N3O5/c1-14(20(28)23-11-9-22-18(26)13-23)24-10-8-21(7-6-19(24)27)12-16(25)15-4-2-3-5-17(15)29-21/h2-5,14H,6-13H2,1H3,(H,22,26)/t14-,21-/m0/s1. The number of benzene rings is 1. The van der Waals surface area contributed by atoms with Crippen molar-refractivity contribution in [2.75, 3.05) is 26.2 Å². The van der Waals surface area contributed by atoms with Gasteiger partial charge < -0.3 is 19.9 Å². The molecule has 2 atom stereocenters. The molecule has 0 aliphatic carbocycles. The van der Waals surface area contributed by atoms with E-state index in [1.54, 1.807) is 24.0 Å². The van der Waals surface area contributed by atoms with E-state index in [1.165, 1.54) is 4.90 Å². The van der Waals surface area contributed by atoms with Crippen molar-refractivity contribution < 1.29 is 23.9 Å². The molecule has 1 N–H and O–H groups in total. The lowest BCUT2D eigenvalue weighted by Gasteiger charge is -2.37. The lowest BCUT2D eigenvalue weighted by molar-refractivity contribution is -0.147. The number of nitrogens with one attached hydrogen (secondary N) is 1. The minimum atomic E-state index is -0.719. The summed E-state index contributed by atoms with van der Waals surface area (Å²) in [6, 6.07) is 6.52. The van der Waals surface area contributed by atoms with E-state index in [9.17, 15) is 19.2 Å². The van der Waals surface area contributed by atoms with Crippen molar-refractivity contribution in [1.82, 2.24) is 15.1 Å². The normalized spacial score (nSPS) is 25.8. The number of rotatable bonds is 2. The Balaban J connectivity index is 1.48. The highest BCUT2D eigenvalue weighted by Gasteiger charge is 2.44. The molecule has 0 saturated carbocycles. The Morgan fingerprint density at radius 1 is 1.17 bits per heavy atom. The van der Waals surface area contributed by atoms with Gasteiger partial charge in [0.05, 0.1) is 18.5 Å². The molecule has 0 aromatic heterocycles. The van der Waals surface area contributed by atoms with Crippen LogP contribution < -0.4 is 10.1 Å². The molecule has 3 aliphatic rings. The Kier molecular flexibility index (Phi) is 5.02. The summed E-state index contributed by atoms with van der Waals surface area (Å²) in [5, 5.41) is 2.69. The van der Waals surface area contributed by atoms with Gasteiger partial charge in [0.2, 0.25) is 17.7 Å². The Morgan fingerprint density at radius 2 is 1.97 bits per heavy atom. The van der Waals surface area contributed by atoms with Gasteiger partial charge >= 0.3 is 0 Å². The van der Waals surface area contributed by atoms with Crippen LogP contribution in [0.3, 0.4) is 0 Å². The van der Waals surface area contributed by atoms with E-state index in [1.807, 2.05) is 12.1 Å². The molecule has 8 heteroatoms. The Morgan fingerprint density at radius 3 is 2.76 bits per heavy atom. The largest absolute Gasteiger partial charge is 0.486 e. The molecule has 0 radical (unpaired) electrons. The van der Waals surface area contributed by atoms with Crippen molar-refractivity contribution in [2.24, 2.45) is 0 Å². The third-order valence-corrected chi connectivity index (χ3v) is 6.09. The number of likely N-dealkylation sites (tertiary alicyclic amines) is 1. The van der Waals surface area contributed by atoms with E-state index >= 15 is 0 Å². The maximum atomic E-state index is 12.9. The number of piperazine rings is 1. The molecule has 4 rings (SSSR count). The van der Waals surface area contributed by atoms with Gasteiger partial charge in [0, 0.05) is 32.5 Å². The van der Waals surface area contributed by atoms with E-state index in [4.69, 9.17) is 4.74 Å². The Bertz CT molecular complexity index is 870. The smallest absolute Gasteiger partial charge is 0.245 e. The lowest BCUT2D eigenvalue weighted by Crippen LogP contribution is -2.56. The van der Waals surface area contributed by atoms with E-state index in [-0.39, 0.29) is 42.9 Å². The molecule has 1 aromatic rings. The van der Waals surface area contributed by atoms with Gasteiger partial charge in [-0.2, -0.15) is 0 Å². The van der Waals surface area contributed by atoms with Gasteiger partial charge in [-0.1, -0.05) is 12.1 Å². The fourth-order valence-electron chi connectivity index (χ4n) is 4.41. The van der Waals surface area contributed by atoms with Gasteiger partial charge in [0.25, 0.3) is 0 Å². The average Bonchev–Trinajstić information content (AvgIpc) is 2.86. The van der Waals surface area contributed by atoms with Gasteiger partial charge in [0.1, 0.15) is 17.4 Å². The highest BCUT2D eigenvalue weighted by atomic mass is 16.5. The SMILES string of the molecule is C[C@@H](C(=O)N1CCNC(=O)C1)N1CC[C@@]2(CCC1=O)CC(=O)c1ccccc1O2. The lowest BCUT2D eigenvalue weighted by atomic mass is 9.84. The molecule has 3 aliphatic heterocycles. The second-order valence-corrected chi connectivity index (χ2v) is 8.00. The van der Waals surface area contributed by atoms with Gasteiger partial charge in [-0.25, -0.2) is 0 Å². The molecule has 3 amide bonds. The molecule has 1 aromatic carbocycles. The summed E-state index contributed by atoms with van der Waals surface area (Å²) in [7, 11) is 0. The number of hydrogen-bond acceptors (Lipinski definition) is 5. The first kappa shape index (κ1) is 19.4. The van der Waals surface area contributed by atoms with Gasteiger partial charge in [-0.3, -0.25) is 19.2 Å². The maximum Gasteiger partial charge on any atom is 0.245 e.